The molecule has 1 rings (SSSR count). The van der Waals surface area contributed by atoms with E-state index in [1.165, 1.54) is 7.11 Å². The highest BCUT2D eigenvalue weighted by Crippen LogP contribution is 2.19. The summed E-state index contributed by atoms with van der Waals surface area (Å²) in [6, 6.07) is 5.31. The molecule has 2 N–H and O–H groups in total. The number of nitrogen functional groups attached to an aromatic ring is 1. The van der Waals surface area contributed by atoms with Crippen molar-refractivity contribution in [2.75, 3.05) is 12.8 Å². The van der Waals surface area contributed by atoms with Gasteiger partial charge in [-0.1, -0.05) is 19.1 Å². The Morgan fingerprint density at radius 2 is 2.18 bits per heavy atom. The Labute approximate surface area is 102 Å². The summed E-state index contributed by atoms with van der Waals surface area (Å²) in [5.74, 6) is -0.425. The first kappa shape index (κ1) is 13.5. The summed E-state index contributed by atoms with van der Waals surface area (Å²) in [6.07, 6.45) is 1.08. The van der Waals surface area contributed by atoms with Crippen molar-refractivity contribution in [1.82, 2.24) is 0 Å². The predicted octanol–water partition coefficient (Wildman–Crippen LogP) is 2.37. The van der Waals surface area contributed by atoms with E-state index >= 15 is 0 Å². The highest BCUT2D eigenvalue weighted by Gasteiger charge is 2.15. The van der Waals surface area contributed by atoms with Crippen LogP contribution in [0, 0.1) is 0 Å². The molecule has 0 aliphatic heterocycles. The van der Waals surface area contributed by atoms with Crippen LogP contribution < -0.4 is 5.73 Å². The molecule has 1 aromatic rings. The van der Waals surface area contributed by atoms with E-state index in [0.717, 1.165) is 12.0 Å². The van der Waals surface area contributed by atoms with Crippen LogP contribution in [0.15, 0.2) is 18.2 Å². The van der Waals surface area contributed by atoms with Gasteiger partial charge < -0.3 is 15.2 Å². The molecule has 0 saturated carbocycles. The van der Waals surface area contributed by atoms with Crippen LogP contribution in [0.25, 0.3) is 0 Å². The molecule has 0 aliphatic carbocycles. The van der Waals surface area contributed by atoms with Gasteiger partial charge in [0.25, 0.3) is 0 Å². The highest BCUT2D eigenvalue weighted by atomic mass is 16.5. The van der Waals surface area contributed by atoms with Crippen molar-refractivity contribution in [2.24, 2.45) is 0 Å². The van der Waals surface area contributed by atoms with Gasteiger partial charge in [-0.3, -0.25) is 0 Å². The van der Waals surface area contributed by atoms with Crippen LogP contribution in [0.5, 0.6) is 0 Å². The Kier molecular flexibility index (Phi) is 4.97. The van der Waals surface area contributed by atoms with Crippen LogP contribution in [-0.2, 0) is 16.1 Å². The molecule has 0 spiro atoms. The lowest BCUT2D eigenvalue weighted by Crippen LogP contribution is -2.12. The number of hydrogen-bond donors (Lipinski definition) is 1. The number of anilines is 1. The maximum absolute atomic E-state index is 11.6. The van der Waals surface area contributed by atoms with Crippen LogP contribution in [-0.4, -0.2) is 19.2 Å². The second-order valence-electron chi connectivity index (χ2n) is 3.90. The minimum atomic E-state index is -0.425. The molecule has 0 heterocycles. The first-order valence-corrected chi connectivity index (χ1v) is 5.67. The van der Waals surface area contributed by atoms with Gasteiger partial charge in [0.15, 0.2) is 0 Å². The Hall–Kier alpha value is -1.55. The first-order chi connectivity index (χ1) is 8.10. The fourth-order valence-corrected chi connectivity index (χ4v) is 1.44. The third kappa shape index (κ3) is 3.46. The van der Waals surface area contributed by atoms with Crippen molar-refractivity contribution in [1.29, 1.82) is 0 Å². The molecule has 4 heteroatoms. The number of ether oxygens (including phenoxy) is 2. The van der Waals surface area contributed by atoms with Gasteiger partial charge in [0.1, 0.15) is 0 Å². The molecule has 0 aliphatic rings. The Morgan fingerprint density at radius 3 is 2.76 bits per heavy atom. The van der Waals surface area contributed by atoms with Crippen LogP contribution in [0.2, 0.25) is 0 Å². The van der Waals surface area contributed by atoms with Crippen molar-refractivity contribution in [3.63, 3.8) is 0 Å². The largest absolute Gasteiger partial charge is 0.465 e. The summed E-state index contributed by atoms with van der Waals surface area (Å²) in [5, 5.41) is 0. The average molecular weight is 237 g/mol. The molecule has 0 aromatic heterocycles. The van der Waals surface area contributed by atoms with Crippen molar-refractivity contribution in [3.05, 3.63) is 29.3 Å². The van der Waals surface area contributed by atoms with Gasteiger partial charge in [-0.25, -0.2) is 4.79 Å². The summed E-state index contributed by atoms with van der Waals surface area (Å²) in [4.78, 5) is 11.6. The number of esters is 1. The van der Waals surface area contributed by atoms with Gasteiger partial charge in [0.05, 0.1) is 25.4 Å². The lowest BCUT2D eigenvalue weighted by molar-refractivity contribution is 0.0474. The second-order valence-corrected chi connectivity index (χ2v) is 3.90. The van der Waals surface area contributed by atoms with Gasteiger partial charge in [0, 0.05) is 5.69 Å². The van der Waals surface area contributed by atoms with E-state index in [1.54, 1.807) is 12.1 Å². The third-order valence-corrected chi connectivity index (χ3v) is 2.67. The lowest BCUT2D eigenvalue weighted by Gasteiger charge is -2.14. The number of rotatable bonds is 5. The molecular formula is C13H19NO3. The highest BCUT2D eigenvalue weighted by molar-refractivity contribution is 5.96. The SMILES string of the molecule is CCC(C)OCc1cccc(N)c1C(=O)OC. The number of hydrogen-bond acceptors (Lipinski definition) is 4. The number of carbonyl (C=O) groups is 1. The molecule has 0 bridgehead atoms. The Balaban J connectivity index is 2.91. The summed E-state index contributed by atoms with van der Waals surface area (Å²) in [5.41, 5.74) is 7.36. The quantitative estimate of drug-likeness (QED) is 0.631. The lowest BCUT2D eigenvalue weighted by atomic mass is 10.1. The molecule has 1 aromatic carbocycles. The maximum atomic E-state index is 11.6. The Bertz CT molecular complexity index is 390. The molecule has 0 fully saturated rings. The molecule has 0 saturated heterocycles. The minimum absolute atomic E-state index is 0.155. The fourth-order valence-electron chi connectivity index (χ4n) is 1.44. The molecule has 94 valence electrons. The normalized spacial score (nSPS) is 12.2. The van der Waals surface area contributed by atoms with Gasteiger partial charge >= 0.3 is 5.97 Å². The number of benzene rings is 1. The monoisotopic (exact) mass is 237 g/mol. The molecule has 0 amide bonds. The van der Waals surface area contributed by atoms with E-state index in [2.05, 4.69) is 0 Å². The minimum Gasteiger partial charge on any atom is -0.465 e. The van der Waals surface area contributed by atoms with Crippen molar-refractivity contribution >= 4 is 11.7 Å². The van der Waals surface area contributed by atoms with E-state index in [4.69, 9.17) is 15.2 Å². The van der Waals surface area contributed by atoms with E-state index in [9.17, 15) is 4.79 Å². The molecule has 4 nitrogen and oxygen atoms in total. The van der Waals surface area contributed by atoms with Crippen LogP contribution in [0.1, 0.15) is 36.2 Å². The van der Waals surface area contributed by atoms with Crippen molar-refractivity contribution < 1.29 is 14.3 Å². The molecule has 0 radical (unpaired) electrons. The average Bonchev–Trinajstić information content (AvgIpc) is 2.35. The summed E-state index contributed by atoms with van der Waals surface area (Å²) >= 11 is 0. The van der Waals surface area contributed by atoms with E-state index < -0.39 is 5.97 Å². The zero-order valence-corrected chi connectivity index (χ0v) is 10.5. The molecular weight excluding hydrogens is 218 g/mol. The third-order valence-electron chi connectivity index (χ3n) is 2.67. The number of nitrogens with two attached hydrogens (primary N) is 1. The molecule has 1 atom stereocenters. The van der Waals surface area contributed by atoms with Crippen molar-refractivity contribution in [3.8, 4) is 0 Å². The predicted molar refractivity (Wildman–Crippen MR) is 66.7 cm³/mol. The molecule has 17 heavy (non-hydrogen) atoms. The fraction of sp³-hybridized carbons (Fsp3) is 0.462. The van der Waals surface area contributed by atoms with E-state index in [0.29, 0.717) is 17.9 Å². The number of carbonyl (C=O) groups excluding carboxylic acids is 1. The van der Waals surface area contributed by atoms with Gasteiger partial charge in [-0.2, -0.15) is 0 Å². The van der Waals surface area contributed by atoms with Crippen LogP contribution in [0.3, 0.4) is 0 Å². The Morgan fingerprint density at radius 1 is 1.47 bits per heavy atom. The zero-order valence-electron chi connectivity index (χ0n) is 10.5. The second kappa shape index (κ2) is 6.25. The van der Waals surface area contributed by atoms with Gasteiger partial charge in [-0.05, 0) is 25.0 Å². The summed E-state index contributed by atoms with van der Waals surface area (Å²) < 4.78 is 10.3. The first-order valence-electron chi connectivity index (χ1n) is 5.67. The smallest absolute Gasteiger partial charge is 0.340 e. The van der Waals surface area contributed by atoms with Crippen LogP contribution >= 0.6 is 0 Å². The zero-order chi connectivity index (χ0) is 12.8. The van der Waals surface area contributed by atoms with Gasteiger partial charge in [-0.15, -0.1) is 0 Å². The molecule has 1 unspecified atom stereocenters. The van der Waals surface area contributed by atoms with E-state index in [-0.39, 0.29) is 6.10 Å². The number of methoxy groups -OCH3 is 1. The van der Waals surface area contributed by atoms with Crippen molar-refractivity contribution in [2.45, 2.75) is 33.0 Å². The topological polar surface area (TPSA) is 61.5 Å². The van der Waals surface area contributed by atoms with Gasteiger partial charge in [0.2, 0.25) is 0 Å². The summed E-state index contributed by atoms with van der Waals surface area (Å²) in [6.45, 7) is 4.40. The summed E-state index contributed by atoms with van der Waals surface area (Å²) in [7, 11) is 1.34. The van der Waals surface area contributed by atoms with E-state index in [1.807, 2.05) is 19.9 Å². The maximum Gasteiger partial charge on any atom is 0.340 e. The van der Waals surface area contributed by atoms with Crippen LogP contribution in [0.4, 0.5) is 5.69 Å². The standard InChI is InChI=1S/C13H19NO3/c1-4-9(2)17-8-10-6-5-7-11(14)12(10)13(15)16-3/h5-7,9H,4,8,14H2,1-3H3.